The number of carbonyl (C=O) groups excluding carboxylic acids is 3. The van der Waals surface area contributed by atoms with Crippen molar-refractivity contribution in [3.05, 3.63) is 65.7 Å². The van der Waals surface area contributed by atoms with Crippen molar-refractivity contribution in [1.29, 1.82) is 0 Å². The van der Waals surface area contributed by atoms with Gasteiger partial charge >= 0.3 is 0 Å². The van der Waals surface area contributed by atoms with Gasteiger partial charge in [0.25, 0.3) is 5.91 Å². The number of hydrogen-bond donors (Lipinski definition) is 2. The van der Waals surface area contributed by atoms with Crippen molar-refractivity contribution < 1.29 is 19.1 Å². The molecule has 118 valence electrons. The predicted molar refractivity (Wildman–Crippen MR) is 83.8 cm³/mol. The molecule has 2 aromatic carbocycles. The molecule has 0 aliphatic heterocycles. The van der Waals surface area contributed by atoms with E-state index in [1.165, 1.54) is 0 Å². The van der Waals surface area contributed by atoms with Crippen molar-refractivity contribution in [2.75, 3.05) is 6.61 Å². The largest absolute Gasteiger partial charge is 0.483 e. The van der Waals surface area contributed by atoms with Gasteiger partial charge in [0.1, 0.15) is 11.8 Å². The maximum atomic E-state index is 12.0. The number of benzene rings is 2. The minimum atomic E-state index is -0.936. The van der Waals surface area contributed by atoms with Crippen molar-refractivity contribution in [2.45, 2.75) is 6.04 Å². The van der Waals surface area contributed by atoms with Gasteiger partial charge in [-0.3, -0.25) is 14.4 Å². The number of aldehydes is 1. The number of carbonyl (C=O) groups is 3. The molecule has 0 bridgehead atoms. The molecule has 0 saturated carbocycles. The lowest BCUT2D eigenvalue weighted by Crippen LogP contribution is -2.39. The summed E-state index contributed by atoms with van der Waals surface area (Å²) >= 11 is 0. The molecule has 23 heavy (non-hydrogen) atoms. The molecule has 2 amide bonds. The van der Waals surface area contributed by atoms with Crippen LogP contribution in [0.2, 0.25) is 0 Å². The molecular weight excluding hydrogens is 296 g/mol. The molecule has 0 aliphatic rings. The lowest BCUT2D eigenvalue weighted by atomic mass is 10.1. The number of ether oxygens (including phenoxy) is 1. The molecule has 6 heteroatoms. The highest BCUT2D eigenvalue weighted by atomic mass is 16.5. The normalized spacial score (nSPS) is 11.3. The fourth-order valence-electron chi connectivity index (χ4n) is 2.02. The van der Waals surface area contributed by atoms with Crippen molar-refractivity contribution >= 4 is 18.1 Å². The Balaban J connectivity index is 2.00. The summed E-state index contributed by atoms with van der Waals surface area (Å²) in [4.78, 5) is 34.4. The van der Waals surface area contributed by atoms with E-state index in [-0.39, 0.29) is 6.61 Å². The third-order valence-electron chi connectivity index (χ3n) is 3.13. The van der Waals surface area contributed by atoms with Crippen LogP contribution in [0, 0.1) is 0 Å². The van der Waals surface area contributed by atoms with E-state index in [4.69, 9.17) is 10.5 Å². The van der Waals surface area contributed by atoms with Crippen LogP contribution in [0.15, 0.2) is 54.6 Å². The predicted octanol–water partition coefficient (Wildman–Crippen LogP) is 1.22. The Kier molecular flexibility index (Phi) is 5.46. The van der Waals surface area contributed by atoms with E-state index in [1.54, 1.807) is 54.6 Å². The standard InChI is InChI=1S/C17H16N2O4/c18-17(22)16(12-6-2-1-3-7-12)19-15(21)11-23-14-9-5-4-8-13(14)10-20/h1-10,16H,11H2,(H2,18,22)(H,19,21). The fourth-order valence-corrected chi connectivity index (χ4v) is 2.02. The summed E-state index contributed by atoms with van der Waals surface area (Å²) in [7, 11) is 0. The average molecular weight is 312 g/mol. The quantitative estimate of drug-likeness (QED) is 0.751. The summed E-state index contributed by atoms with van der Waals surface area (Å²) < 4.78 is 5.31. The van der Waals surface area contributed by atoms with Gasteiger partial charge in [0, 0.05) is 0 Å². The number of rotatable bonds is 7. The maximum absolute atomic E-state index is 12.0. The third kappa shape index (κ3) is 4.41. The highest BCUT2D eigenvalue weighted by Gasteiger charge is 2.20. The van der Waals surface area contributed by atoms with E-state index in [2.05, 4.69) is 5.32 Å². The molecule has 0 heterocycles. The van der Waals surface area contributed by atoms with E-state index in [9.17, 15) is 14.4 Å². The molecule has 6 nitrogen and oxygen atoms in total. The highest BCUT2D eigenvalue weighted by Crippen LogP contribution is 2.16. The van der Waals surface area contributed by atoms with E-state index < -0.39 is 17.9 Å². The third-order valence-corrected chi connectivity index (χ3v) is 3.13. The first-order chi connectivity index (χ1) is 11.1. The second-order valence-corrected chi connectivity index (χ2v) is 4.76. The number of primary amides is 1. The van der Waals surface area contributed by atoms with Crippen molar-refractivity contribution in [1.82, 2.24) is 5.32 Å². The van der Waals surface area contributed by atoms with Gasteiger partial charge in [-0.1, -0.05) is 42.5 Å². The Morgan fingerprint density at radius 3 is 2.39 bits per heavy atom. The maximum Gasteiger partial charge on any atom is 0.258 e. The van der Waals surface area contributed by atoms with Crippen LogP contribution in [-0.4, -0.2) is 24.7 Å². The first-order valence-corrected chi connectivity index (χ1v) is 6.92. The summed E-state index contributed by atoms with van der Waals surface area (Å²) in [6.45, 7) is -0.332. The molecule has 0 radical (unpaired) electrons. The Bertz CT molecular complexity index is 701. The van der Waals surface area contributed by atoms with Crippen molar-refractivity contribution in [3.63, 3.8) is 0 Å². The molecular formula is C17H16N2O4. The van der Waals surface area contributed by atoms with E-state index in [0.29, 0.717) is 23.2 Å². The van der Waals surface area contributed by atoms with Crippen LogP contribution in [-0.2, 0) is 9.59 Å². The minimum Gasteiger partial charge on any atom is -0.483 e. The van der Waals surface area contributed by atoms with Gasteiger partial charge in [0.15, 0.2) is 12.9 Å². The smallest absolute Gasteiger partial charge is 0.258 e. The van der Waals surface area contributed by atoms with E-state index >= 15 is 0 Å². The molecule has 2 rings (SSSR count). The molecule has 3 N–H and O–H groups in total. The average Bonchev–Trinajstić information content (AvgIpc) is 2.58. The molecule has 0 aliphatic carbocycles. The summed E-state index contributed by atoms with van der Waals surface area (Å²) in [6.07, 6.45) is 0.642. The van der Waals surface area contributed by atoms with Crippen molar-refractivity contribution in [3.8, 4) is 5.75 Å². The van der Waals surface area contributed by atoms with Gasteiger partial charge in [-0.05, 0) is 17.7 Å². The number of para-hydroxylation sites is 1. The number of hydrogen-bond acceptors (Lipinski definition) is 4. The summed E-state index contributed by atoms with van der Waals surface area (Å²) in [5.74, 6) is -0.885. The first-order valence-electron chi connectivity index (χ1n) is 6.92. The Morgan fingerprint density at radius 1 is 1.09 bits per heavy atom. The van der Waals surface area contributed by atoms with Crippen LogP contribution in [0.25, 0.3) is 0 Å². The van der Waals surface area contributed by atoms with Crippen LogP contribution in [0.3, 0.4) is 0 Å². The van der Waals surface area contributed by atoms with E-state index in [1.807, 2.05) is 0 Å². The Labute approximate surface area is 133 Å². The van der Waals surface area contributed by atoms with Crippen LogP contribution >= 0.6 is 0 Å². The molecule has 0 spiro atoms. The van der Waals surface area contributed by atoms with Crippen LogP contribution in [0.4, 0.5) is 0 Å². The zero-order valence-electron chi connectivity index (χ0n) is 12.3. The van der Waals surface area contributed by atoms with Gasteiger partial charge in [0.2, 0.25) is 5.91 Å². The van der Waals surface area contributed by atoms with Crippen LogP contribution < -0.4 is 15.8 Å². The van der Waals surface area contributed by atoms with Gasteiger partial charge < -0.3 is 15.8 Å². The number of amides is 2. The van der Waals surface area contributed by atoms with Gasteiger partial charge in [0.05, 0.1) is 5.56 Å². The Morgan fingerprint density at radius 2 is 1.74 bits per heavy atom. The SMILES string of the molecule is NC(=O)C(NC(=O)COc1ccccc1C=O)c1ccccc1. The zero-order valence-corrected chi connectivity index (χ0v) is 12.3. The highest BCUT2D eigenvalue weighted by molar-refractivity contribution is 5.88. The second kappa shape index (κ2) is 7.74. The lowest BCUT2D eigenvalue weighted by Gasteiger charge is -2.16. The molecule has 1 unspecified atom stereocenters. The van der Waals surface area contributed by atoms with E-state index in [0.717, 1.165) is 0 Å². The number of nitrogens with one attached hydrogen (secondary N) is 1. The number of nitrogens with two attached hydrogens (primary N) is 1. The summed E-state index contributed by atoms with van der Waals surface area (Å²) in [5, 5.41) is 2.51. The first kappa shape index (κ1) is 16.2. The molecule has 2 aromatic rings. The fraction of sp³-hybridized carbons (Fsp3) is 0.118. The van der Waals surface area contributed by atoms with Crippen LogP contribution in [0.1, 0.15) is 22.0 Å². The van der Waals surface area contributed by atoms with Gasteiger partial charge in [-0.15, -0.1) is 0 Å². The van der Waals surface area contributed by atoms with Crippen LogP contribution in [0.5, 0.6) is 5.75 Å². The lowest BCUT2D eigenvalue weighted by molar-refractivity contribution is -0.128. The monoisotopic (exact) mass is 312 g/mol. The molecule has 0 aromatic heterocycles. The van der Waals surface area contributed by atoms with Gasteiger partial charge in [-0.2, -0.15) is 0 Å². The zero-order chi connectivity index (χ0) is 16.7. The molecule has 0 saturated heterocycles. The molecule has 1 atom stereocenters. The topological polar surface area (TPSA) is 98.5 Å². The Hall–Kier alpha value is -3.15. The molecule has 0 fully saturated rings. The second-order valence-electron chi connectivity index (χ2n) is 4.76. The summed E-state index contributed by atoms with van der Waals surface area (Å²) in [5.41, 5.74) is 6.26. The summed E-state index contributed by atoms with van der Waals surface area (Å²) in [6, 6.07) is 14.3. The van der Waals surface area contributed by atoms with Gasteiger partial charge in [-0.25, -0.2) is 0 Å². The minimum absolute atomic E-state index is 0.299. The van der Waals surface area contributed by atoms with Crippen molar-refractivity contribution in [2.24, 2.45) is 5.73 Å².